The van der Waals surface area contributed by atoms with Gasteiger partial charge in [0, 0.05) is 33.3 Å². The number of halogens is 2. The minimum absolute atomic E-state index is 0.0871. The van der Waals surface area contributed by atoms with Crippen molar-refractivity contribution in [2.75, 3.05) is 12.9 Å². The van der Waals surface area contributed by atoms with Gasteiger partial charge in [0.05, 0.1) is 31.4 Å². The molecule has 1 heterocycles. The minimum Gasteiger partial charge on any atom is -0.462 e. The van der Waals surface area contributed by atoms with Gasteiger partial charge in [-0.3, -0.25) is 20.2 Å². The zero-order valence-electron chi connectivity index (χ0n) is 31.3. The van der Waals surface area contributed by atoms with E-state index < -0.39 is 51.7 Å². The van der Waals surface area contributed by atoms with Gasteiger partial charge in [0.1, 0.15) is 0 Å². The molecule has 5 rings (SSSR count). The Morgan fingerprint density at radius 2 is 1.78 bits per heavy atom. The molecule has 0 saturated heterocycles. The third-order valence-electron chi connectivity index (χ3n) is 10.5. The highest BCUT2D eigenvalue weighted by Gasteiger charge is 2.49. The van der Waals surface area contributed by atoms with Crippen LogP contribution in [0.4, 0.5) is 0 Å². The number of hydrogen-bond acceptors (Lipinski definition) is 9. The van der Waals surface area contributed by atoms with Gasteiger partial charge >= 0.3 is 5.97 Å². The Morgan fingerprint density at radius 3 is 2.49 bits per heavy atom. The van der Waals surface area contributed by atoms with E-state index in [-0.39, 0.29) is 35.6 Å². The van der Waals surface area contributed by atoms with Crippen LogP contribution in [0, 0.1) is 5.92 Å². The summed E-state index contributed by atoms with van der Waals surface area (Å²) in [7, 11) is -3.65. The van der Waals surface area contributed by atoms with Crippen LogP contribution in [-0.2, 0) is 41.5 Å². The van der Waals surface area contributed by atoms with Crippen molar-refractivity contribution < 1.29 is 37.5 Å². The molecule has 6 atom stereocenters. The first kappa shape index (κ1) is 42.6. The Hall–Kier alpha value is -3.56. The van der Waals surface area contributed by atoms with Crippen LogP contribution in [0.2, 0.25) is 10.0 Å². The fourth-order valence-electron chi connectivity index (χ4n) is 7.60. The molecule has 55 heavy (non-hydrogen) atoms. The highest BCUT2D eigenvalue weighted by Crippen LogP contribution is 2.48. The lowest BCUT2D eigenvalue weighted by molar-refractivity contribution is -0.167. The molecule has 2 unspecified atom stereocenters. The molecule has 1 saturated carbocycles. The summed E-state index contributed by atoms with van der Waals surface area (Å²) in [5, 5.41) is 11.6. The number of hydrogen-bond donors (Lipinski definition) is 4. The second-order valence-corrected chi connectivity index (χ2v) is 17.1. The molecule has 0 radical (unpaired) electrons. The number of nitrogens with two attached hydrogens (primary N) is 1. The smallest absolute Gasteiger partial charge is 0.358 e. The lowest BCUT2D eigenvalue weighted by Crippen LogP contribution is -2.59. The number of rotatable bonds is 16. The number of nitrogens with one attached hydrogen (secondary N) is 2. The molecule has 2 aliphatic rings. The highest BCUT2D eigenvalue weighted by molar-refractivity contribution is 7.88. The number of carbonyl (C=O) groups excluding carboxylic acids is 3. The number of sulfonamides is 1. The normalized spacial score (nSPS) is 21.7. The molecule has 1 fully saturated rings. The Balaban J connectivity index is 1.41. The Labute approximate surface area is 333 Å². The summed E-state index contributed by atoms with van der Waals surface area (Å²) in [4.78, 5) is 49.2. The van der Waals surface area contributed by atoms with E-state index in [0.717, 1.165) is 44.8 Å². The van der Waals surface area contributed by atoms with Crippen LogP contribution in [0.3, 0.4) is 0 Å². The maximum atomic E-state index is 14.5. The quantitative estimate of drug-likeness (QED) is 0.0740. The number of fused-ring (bicyclic) bond motifs is 1. The van der Waals surface area contributed by atoms with E-state index in [2.05, 4.69) is 17.1 Å². The summed E-state index contributed by atoms with van der Waals surface area (Å²) in [6, 6.07) is 15.7. The second kappa shape index (κ2) is 18.6. The summed E-state index contributed by atoms with van der Waals surface area (Å²) in [5.74, 6) is -2.81. The molecule has 2 amide bonds. The predicted octanol–water partition coefficient (Wildman–Crippen LogP) is 6.25. The molecule has 12 nitrogen and oxygen atoms in total. The van der Waals surface area contributed by atoms with Gasteiger partial charge in [-0.05, 0) is 66.1 Å². The Kier molecular flexibility index (Phi) is 14.4. The minimum atomic E-state index is -3.65. The molecule has 15 heteroatoms. The topological polar surface area (TPSA) is 177 Å². The fourth-order valence-corrected chi connectivity index (χ4v) is 8.94. The standard InChI is InChI=1S/C40H50Cl2N4O8S/c1-4-6-12-25(5-2)23-53-39(49)40(43,50)27-14-11-13-26(21-27)24-54-44-37(47)35-29-15-7-8-16-30(29)38(48)46(36(35)31-20-19-28(41)22-32(31)42)34-18-10-9-17-33(34)45-55(3,51)52/h7-8,11,13-16,19-22,25,33-36,45,50H,4-6,9-10,12,17-18,23-24,43H2,1-3H3,(H,44,47)/t25?,33-,34-,35+,36-,40?/m0/s1. The molecule has 0 aromatic heterocycles. The van der Waals surface area contributed by atoms with E-state index in [4.69, 9.17) is 38.5 Å². The maximum Gasteiger partial charge on any atom is 0.358 e. The van der Waals surface area contributed by atoms with E-state index in [0.29, 0.717) is 40.1 Å². The SMILES string of the molecule is CCCCC(CC)COC(=O)C(N)(O)c1cccc(CONC(=O)[C@@H]2c3ccccc3C(=O)N([C@H]3CCCC[C@@H]3NS(C)(=O)=O)[C@H]2c2ccc(Cl)cc2Cl)c1. The third kappa shape index (κ3) is 10.3. The second-order valence-electron chi connectivity index (χ2n) is 14.5. The molecular formula is C40H50Cl2N4O8S. The van der Waals surface area contributed by atoms with Gasteiger partial charge in [0.2, 0.25) is 15.7 Å². The molecule has 1 aliphatic heterocycles. The van der Waals surface area contributed by atoms with Crippen LogP contribution in [0.1, 0.15) is 110 Å². The number of ether oxygens (including phenoxy) is 1. The van der Waals surface area contributed by atoms with Crippen molar-refractivity contribution in [3.63, 3.8) is 0 Å². The fraction of sp³-hybridized carbons (Fsp3) is 0.475. The lowest BCUT2D eigenvalue weighted by atomic mass is 9.76. The third-order valence-corrected chi connectivity index (χ3v) is 11.8. The van der Waals surface area contributed by atoms with Crippen molar-refractivity contribution in [1.82, 2.24) is 15.1 Å². The molecule has 1 aliphatic carbocycles. The van der Waals surface area contributed by atoms with E-state index in [9.17, 15) is 27.9 Å². The number of nitrogens with zero attached hydrogens (tertiary/aromatic N) is 1. The van der Waals surface area contributed by atoms with Crippen LogP contribution in [0.5, 0.6) is 0 Å². The van der Waals surface area contributed by atoms with E-state index in [1.165, 1.54) is 18.2 Å². The monoisotopic (exact) mass is 816 g/mol. The number of amides is 2. The van der Waals surface area contributed by atoms with Crippen molar-refractivity contribution in [2.45, 2.75) is 102 Å². The van der Waals surface area contributed by atoms with Crippen molar-refractivity contribution in [1.29, 1.82) is 0 Å². The van der Waals surface area contributed by atoms with Crippen LogP contribution in [-0.4, -0.2) is 61.2 Å². The summed E-state index contributed by atoms with van der Waals surface area (Å²) >= 11 is 13.1. The van der Waals surface area contributed by atoms with Gasteiger partial charge < -0.3 is 14.7 Å². The number of carbonyl (C=O) groups is 3. The zero-order valence-corrected chi connectivity index (χ0v) is 33.6. The summed E-state index contributed by atoms with van der Waals surface area (Å²) in [5.41, 5.74) is 8.00. The molecule has 0 spiro atoms. The molecule has 0 bridgehead atoms. The average Bonchev–Trinajstić information content (AvgIpc) is 3.14. The van der Waals surface area contributed by atoms with Crippen molar-refractivity contribution in [3.8, 4) is 0 Å². The van der Waals surface area contributed by atoms with Crippen molar-refractivity contribution in [3.05, 3.63) is 105 Å². The van der Waals surface area contributed by atoms with Crippen LogP contribution >= 0.6 is 23.2 Å². The van der Waals surface area contributed by atoms with E-state index >= 15 is 0 Å². The largest absolute Gasteiger partial charge is 0.462 e. The summed E-state index contributed by atoms with van der Waals surface area (Å²) in [6.07, 6.45) is 7.32. The van der Waals surface area contributed by atoms with Gasteiger partial charge in [0.25, 0.3) is 11.8 Å². The number of esters is 1. The van der Waals surface area contributed by atoms with Crippen molar-refractivity contribution >= 4 is 51.0 Å². The Morgan fingerprint density at radius 1 is 1.04 bits per heavy atom. The van der Waals surface area contributed by atoms with Crippen molar-refractivity contribution in [2.24, 2.45) is 11.7 Å². The maximum absolute atomic E-state index is 14.5. The first-order valence-electron chi connectivity index (χ1n) is 18.7. The first-order chi connectivity index (χ1) is 26.2. The summed E-state index contributed by atoms with van der Waals surface area (Å²) < 4.78 is 33.1. The molecule has 3 aromatic carbocycles. The predicted molar refractivity (Wildman–Crippen MR) is 210 cm³/mol. The van der Waals surface area contributed by atoms with Gasteiger partial charge in [-0.2, -0.15) is 0 Å². The number of hydroxylamine groups is 1. The zero-order chi connectivity index (χ0) is 39.9. The van der Waals surface area contributed by atoms with Gasteiger partial charge in [-0.1, -0.05) is 112 Å². The molecule has 5 N–H and O–H groups in total. The van der Waals surface area contributed by atoms with Gasteiger partial charge in [-0.15, -0.1) is 0 Å². The van der Waals surface area contributed by atoms with Crippen LogP contribution < -0.4 is 15.9 Å². The lowest BCUT2D eigenvalue weighted by Gasteiger charge is -2.49. The molecule has 298 valence electrons. The molecule has 3 aromatic rings. The van der Waals surface area contributed by atoms with Crippen LogP contribution in [0.25, 0.3) is 0 Å². The average molecular weight is 818 g/mol. The number of aliphatic hydroxyl groups is 1. The van der Waals surface area contributed by atoms with E-state index in [1.54, 1.807) is 53.4 Å². The van der Waals surface area contributed by atoms with Gasteiger partial charge in [-0.25, -0.2) is 23.4 Å². The number of unbranched alkanes of at least 4 members (excludes halogenated alkanes) is 1. The van der Waals surface area contributed by atoms with Crippen LogP contribution in [0.15, 0.2) is 66.7 Å². The van der Waals surface area contributed by atoms with Gasteiger partial charge in [0.15, 0.2) is 0 Å². The molecular weight excluding hydrogens is 767 g/mol. The van der Waals surface area contributed by atoms with E-state index in [1.807, 2.05) is 6.92 Å². The number of benzene rings is 3. The first-order valence-corrected chi connectivity index (χ1v) is 21.3. The Bertz CT molecular complexity index is 1960. The highest BCUT2D eigenvalue weighted by atomic mass is 35.5. The summed E-state index contributed by atoms with van der Waals surface area (Å²) in [6.45, 7) is 4.08.